The lowest BCUT2D eigenvalue weighted by Crippen LogP contribution is -2.52. The number of hydrogen-bond acceptors (Lipinski definition) is 3. The monoisotopic (exact) mass is 386 g/mol. The summed E-state index contributed by atoms with van der Waals surface area (Å²) in [5.41, 5.74) is 3.36. The van der Waals surface area contributed by atoms with Gasteiger partial charge in [0.25, 0.3) is 5.91 Å². The minimum atomic E-state index is -0.441. The molecule has 1 fully saturated rings. The molecule has 1 aliphatic heterocycles. The Kier molecular flexibility index (Phi) is 6.27. The van der Waals surface area contributed by atoms with E-state index in [0.717, 1.165) is 35.1 Å². The molecule has 27 heavy (non-hydrogen) atoms. The molecule has 3 rings (SSSR count). The highest BCUT2D eigenvalue weighted by Gasteiger charge is 2.28. The van der Waals surface area contributed by atoms with Gasteiger partial charge in [0.1, 0.15) is 5.75 Å². The van der Waals surface area contributed by atoms with Crippen LogP contribution in [0, 0.1) is 13.8 Å². The van der Waals surface area contributed by atoms with E-state index in [-0.39, 0.29) is 5.91 Å². The van der Waals surface area contributed by atoms with Crippen molar-refractivity contribution in [1.82, 2.24) is 4.90 Å². The van der Waals surface area contributed by atoms with Gasteiger partial charge in [-0.15, -0.1) is 0 Å². The van der Waals surface area contributed by atoms with Crippen molar-refractivity contribution in [3.05, 3.63) is 58.6 Å². The molecule has 1 saturated heterocycles. The summed E-state index contributed by atoms with van der Waals surface area (Å²) >= 11 is 6.10. The highest BCUT2D eigenvalue weighted by molar-refractivity contribution is 6.30. The topological polar surface area (TPSA) is 32.8 Å². The molecule has 0 spiro atoms. The van der Waals surface area contributed by atoms with Crippen molar-refractivity contribution in [2.45, 2.75) is 33.3 Å². The van der Waals surface area contributed by atoms with E-state index in [9.17, 15) is 4.79 Å². The molecule has 2 aromatic carbocycles. The van der Waals surface area contributed by atoms with Gasteiger partial charge in [0.05, 0.1) is 0 Å². The Bertz CT molecular complexity index is 801. The van der Waals surface area contributed by atoms with Crippen molar-refractivity contribution in [2.24, 2.45) is 0 Å². The molecule has 0 unspecified atom stereocenters. The van der Waals surface area contributed by atoms with E-state index in [1.165, 1.54) is 5.56 Å². The summed E-state index contributed by atoms with van der Waals surface area (Å²) in [7, 11) is 0. The number of piperazine rings is 1. The van der Waals surface area contributed by atoms with Gasteiger partial charge in [-0.25, -0.2) is 0 Å². The van der Waals surface area contributed by atoms with Crippen molar-refractivity contribution < 1.29 is 9.53 Å². The average Bonchev–Trinajstić information content (AvgIpc) is 2.67. The van der Waals surface area contributed by atoms with Crippen LogP contribution in [0.5, 0.6) is 5.75 Å². The molecular weight excluding hydrogens is 360 g/mol. The Hall–Kier alpha value is -2.20. The van der Waals surface area contributed by atoms with Gasteiger partial charge in [0, 0.05) is 36.9 Å². The third-order valence-electron chi connectivity index (χ3n) is 5.01. The number of nitrogens with zero attached hydrogens (tertiary/aromatic N) is 2. The second-order valence-corrected chi connectivity index (χ2v) is 7.51. The smallest absolute Gasteiger partial charge is 0.263 e. The predicted octanol–water partition coefficient (Wildman–Crippen LogP) is 4.46. The number of amides is 1. The highest BCUT2D eigenvalue weighted by Crippen LogP contribution is 2.23. The Morgan fingerprint density at radius 3 is 2.48 bits per heavy atom. The summed E-state index contributed by atoms with van der Waals surface area (Å²) in [6, 6.07) is 13.9. The molecule has 0 N–H and O–H groups in total. The predicted molar refractivity (Wildman–Crippen MR) is 111 cm³/mol. The molecule has 4 nitrogen and oxygen atoms in total. The zero-order chi connectivity index (χ0) is 19.4. The average molecular weight is 387 g/mol. The number of hydrogen-bond donors (Lipinski definition) is 0. The zero-order valence-electron chi connectivity index (χ0n) is 16.2. The number of aryl methyl sites for hydroxylation is 2. The largest absolute Gasteiger partial charge is 0.480 e. The Morgan fingerprint density at radius 2 is 1.85 bits per heavy atom. The SMILES string of the molecule is CC[C@@H](Oc1ccc(C)cc1C)C(=O)N1CCN(c2cccc(Cl)c2)CC1. The third-order valence-corrected chi connectivity index (χ3v) is 5.25. The molecule has 1 amide bonds. The molecule has 0 radical (unpaired) electrons. The van der Waals surface area contributed by atoms with Crippen LogP contribution in [0.3, 0.4) is 0 Å². The first kappa shape index (κ1) is 19.6. The summed E-state index contributed by atoms with van der Waals surface area (Å²) in [6.07, 6.45) is 0.213. The van der Waals surface area contributed by atoms with Crippen molar-refractivity contribution in [3.8, 4) is 5.75 Å². The fraction of sp³-hybridized carbons (Fsp3) is 0.409. The molecule has 1 aliphatic rings. The lowest BCUT2D eigenvalue weighted by molar-refractivity contribution is -0.139. The van der Waals surface area contributed by atoms with Gasteiger partial charge in [-0.2, -0.15) is 0 Å². The van der Waals surface area contributed by atoms with Gasteiger partial charge in [-0.3, -0.25) is 4.79 Å². The van der Waals surface area contributed by atoms with E-state index in [4.69, 9.17) is 16.3 Å². The number of carbonyl (C=O) groups is 1. The molecule has 5 heteroatoms. The quantitative estimate of drug-likeness (QED) is 0.760. The molecular formula is C22H27ClN2O2. The number of benzene rings is 2. The molecule has 1 atom stereocenters. The number of anilines is 1. The van der Waals surface area contributed by atoms with Crippen LogP contribution in [0.15, 0.2) is 42.5 Å². The number of carbonyl (C=O) groups excluding carboxylic acids is 1. The van der Waals surface area contributed by atoms with Gasteiger partial charge in [-0.1, -0.05) is 42.3 Å². The molecule has 0 aromatic heterocycles. The van der Waals surface area contributed by atoms with Gasteiger partial charge < -0.3 is 14.5 Å². The van der Waals surface area contributed by atoms with E-state index in [2.05, 4.69) is 24.0 Å². The van der Waals surface area contributed by atoms with Crippen molar-refractivity contribution in [3.63, 3.8) is 0 Å². The second kappa shape index (κ2) is 8.66. The second-order valence-electron chi connectivity index (χ2n) is 7.08. The molecule has 0 aliphatic carbocycles. The van der Waals surface area contributed by atoms with Crippen molar-refractivity contribution in [1.29, 1.82) is 0 Å². The van der Waals surface area contributed by atoms with E-state index < -0.39 is 6.10 Å². The summed E-state index contributed by atoms with van der Waals surface area (Å²) < 4.78 is 6.07. The first-order valence-electron chi connectivity index (χ1n) is 9.51. The van der Waals surface area contributed by atoms with E-state index in [0.29, 0.717) is 19.5 Å². The van der Waals surface area contributed by atoms with E-state index >= 15 is 0 Å². The number of halogens is 1. The summed E-state index contributed by atoms with van der Waals surface area (Å²) in [4.78, 5) is 17.2. The van der Waals surface area contributed by atoms with Crippen LogP contribution in [0.1, 0.15) is 24.5 Å². The Balaban J connectivity index is 1.61. The number of ether oxygens (including phenoxy) is 1. The van der Waals surface area contributed by atoms with Gasteiger partial charge in [0.15, 0.2) is 6.10 Å². The van der Waals surface area contributed by atoms with Gasteiger partial charge >= 0.3 is 0 Å². The standard InChI is InChI=1S/C22H27ClN2O2/c1-4-20(27-21-9-8-16(2)14-17(21)3)22(26)25-12-10-24(11-13-25)19-7-5-6-18(23)15-19/h5-9,14-15,20H,4,10-13H2,1-3H3/t20-/m1/s1. The first-order valence-corrected chi connectivity index (χ1v) is 9.89. The fourth-order valence-electron chi connectivity index (χ4n) is 3.45. The lowest BCUT2D eigenvalue weighted by Gasteiger charge is -2.37. The molecule has 0 bridgehead atoms. The van der Waals surface area contributed by atoms with Crippen LogP contribution in [0.2, 0.25) is 5.02 Å². The van der Waals surface area contributed by atoms with E-state index in [1.807, 2.05) is 49.1 Å². The lowest BCUT2D eigenvalue weighted by atomic mass is 10.1. The molecule has 2 aromatic rings. The Labute approximate surface area is 166 Å². The maximum Gasteiger partial charge on any atom is 0.263 e. The minimum Gasteiger partial charge on any atom is -0.480 e. The van der Waals surface area contributed by atoms with Crippen LogP contribution in [-0.2, 0) is 4.79 Å². The fourth-order valence-corrected chi connectivity index (χ4v) is 3.64. The van der Waals surface area contributed by atoms with Gasteiger partial charge in [0.2, 0.25) is 0 Å². The molecule has 144 valence electrons. The van der Waals surface area contributed by atoms with Crippen molar-refractivity contribution in [2.75, 3.05) is 31.1 Å². The number of rotatable bonds is 5. The highest BCUT2D eigenvalue weighted by atomic mass is 35.5. The van der Waals surface area contributed by atoms with Crippen LogP contribution in [-0.4, -0.2) is 43.1 Å². The molecule has 1 heterocycles. The normalized spacial score (nSPS) is 15.6. The van der Waals surface area contributed by atoms with Gasteiger partial charge in [-0.05, 0) is 50.1 Å². The van der Waals surface area contributed by atoms with Crippen LogP contribution in [0.4, 0.5) is 5.69 Å². The summed E-state index contributed by atoms with van der Waals surface area (Å²) in [5, 5.41) is 0.735. The maximum atomic E-state index is 13.0. The van der Waals surface area contributed by atoms with Crippen molar-refractivity contribution >= 4 is 23.2 Å². The Morgan fingerprint density at radius 1 is 1.11 bits per heavy atom. The zero-order valence-corrected chi connectivity index (χ0v) is 17.0. The summed E-state index contributed by atoms with van der Waals surface area (Å²) in [6.45, 7) is 9.05. The van der Waals surface area contributed by atoms with Crippen LogP contribution < -0.4 is 9.64 Å². The van der Waals surface area contributed by atoms with Crippen LogP contribution in [0.25, 0.3) is 0 Å². The maximum absolute atomic E-state index is 13.0. The van der Waals surface area contributed by atoms with Crippen LogP contribution >= 0.6 is 11.6 Å². The third kappa shape index (κ3) is 4.75. The molecule has 0 saturated carbocycles. The summed E-state index contributed by atoms with van der Waals surface area (Å²) in [5.74, 6) is 0.863. The first-order chi connectivity index (χ1) is 13.0. The minimum absolute atomic E-state index is 0.0724. The van der Waals surface area contributed by atoms with E-state index in [1.54, 1.807) is 0 Å².